The summed E-state index contributed by atoms with van der Waals surface area (Å²) in [5.41, 5.74) is 7.23. The summed E-state index contributed by atoms with van der Waals surface area (Å²) in [6.45, 7) is 6.97. The van der Waals surface area contributed by atoms with Crippen molar-refractivity contribution in [1.82, 2.24) is 9.47 Å². The molecular weight excluding hydrogens is 390 g/mol. The Morgan fingerprint density at radius 3 is 2.83 bits per heavy atom. The largest absolute Gasteiger partial charge is 0.322 e. The van der Waals surface area contributed by atoms with Gasteiger partial charge in [0.05, 0.1) is 12.6 Å². The number of fused-ring (bicyclic) bond motifs is 5. The molecule has 3 heterocycles. The van der Waals surface area contributed by atoms with Gasteiger partial charge in [0.1, 0.15) is 5.00 Å². The Balaban J connectivity index is 1.57. The number of urea groups is 1. The fourth-order valence-electron chi connectivity index (χ4n) is 4.97. The van der Waals surface area contributed by atoms with Gasteiger partial charge in [-0.1, -0.05) is 19.1 Å². The van der Waals surface area contributed by atoms with Gasteiger partial charge in [-0.25, -0.2) is 4.79 Å². The summed E-state index contributed by atoms with van der Waals surface area (Å²) in [6.07, 6.45) is 7.91. The van der Waals surface area contributed by atoms with Crippen molar-refractivity contribution in [2.24, 2.45) is 0 Å². The maximum atomic E-state index is 13.6. The first kappa shape index (κ1) is 19.4. The van der Waals surface area contributed by atoms with Gasteiger partial charge >= 0.3 is 6.03 Å². The van der Waals surface area contributed by atoms with Crippen molar-refractivity contribution in [2.45, 2.75) is 65.5 Å². The van der Waals surface area contributed by atoms with Crippen LogP contribution < -0.4 is 5.32 Å². The first-order chi connectivity index (χ1) is 14.6. The van der Waals surface area contributed by atoms with E-state index in [2.05, 4.69) is 65.2 Å². The van der Waals surface area contributed by atoms with E-state index >= 15 is 0 Å². The summed E-state index contributed by atoms with van der Waals surface area (Å²) >= 11 is 1.94. The molecular formula is C25H29N3OS. The molecule has 5 heteroatoms. The second kappa shape index (κ2) is 7.62. The van der Waals surface area contributed by atoms with Crippen molar-refractivity contribution >= 4 is 23.1 Å². The number of thiophene rings is 1. The molecule has 0 saturated heterocycles. The van der Waals surface area contributed by atoms with Crippen molar-refractivity contribution in [2.75, 3.05) is 5.32 Å². The van der Waals surface area contributed by atoms with Gasteiger partial charge in [0, 0.05) is 28.0 Å². The van der Waals surface area contributed by atoms with Gasteiger partial charge in [-0.05, 0) is 80.8 Å². The van der Waals surface area contributed by atoms with E-state index in [-0.39, 0.29) is 12.1 Å². The zero-order chi connectivity index (χ0) is 20.8. The van der Waals surface area contributed by atoms with Gasteiger partial charge in [-0.3, -0.25) is 0 Å². The molecule has 2 aliphatic rings. The number of carbonyl (C=O) groups is 1. The van der Waals surface area contributed by atoms with Gasteiger partial charge in [0.15, 0.2) is 0 Å². The number of anilines is 1. The van der Waals surface area contributed by atoms with E-state index in [1.807, 2.05) is 18.3 Å². The Hall–Kier alpha value is -2.53. The van der Waals surface area contributed by atoms with E-state index in [4.69, 9.17) is 0 Å². The second-order valence-electron chi connectivity index (χ2n) is 8.60. The van der Waals surface area contributed by atoms with Crippen molar-refractivity contribution in [3.63, 3.8) is 0 Å². The highest BCUT2D eigenvalue weighted by Gasteiger charge is 2.34. The Morgan fingerprint density at radius 2 is 2.00 bits per heavy atom. The van der Waals surface area contributed by atoms with Gasteiger partial charge in [-0.15, -0.1) is 11.3 Å². The van der Waals surface area contributed by atoms with Crippen LogP contribution in [0.4, 0.5) is 10.5 Å². The average Bonchev–Trinajstić information content (AvgIpc) is 3.33. The zero-order valence-corrected chi connectivity index (χ0v) is 18.8. The Kier molecular flexibility index (Phi) is 4.94. The highest BCUT2D eigenvalue weighted by Crippen LogP contribution is 2.43. The highest BCUT2D eigenvalue weighted by atomic mass is 32.1. The van der Waals surface area contributed by atoms with E-state index in [1.165, 1.54) is 46.0 Å². The number of hydrogen-bond donors (Lipinski definition) is 1. The molecule has 2 aromatic heterocycles. The van der Waals surface area contributed by atoms with Gasteiger partial charge in [0.25, 0.3) is 0 Å². The van der Waals surface area contributed by atoms with Crippen LogP contribution in [0.3, 0.4) is 0 Å². The van der Waals surface area contributed by atoms with Crippen LogP contribution in [0, 0.1) is 13.8 Å². The predicted octanol–water partition coefficient (Wildman–Crippen LogP) is 6.53. The fourth-order valence-corrected chi connectivity index (χ4v) is 6.37. The molecule has 5 rings (SSSR count). The number of carbonyl (C=O) groups excluding carboxylic acids is 1. The lowest BCUT2D eigenvalue weighted by Gasteiger charge is -2.30. The van der Waals surface area contributed by atoms with Gasteiger partial charge < -0.3 is 14.8 Å². The van der Waals surface area contributed by atoms with Gasteiger partial charge in [0.2, 0.25) is 0 Å². The summed E-state index contributed by atoms with van der Waals surface area (Å²) in [5, 5.41) is 4.54. The maximum Gasteiger partial charge on any atom is 0.322 e. The molecule has 1 N–H and O–H groups in total. The average molecular weight is 420 g/mol. The quantitative estimate of drug-likeness (QED) is 0.503. The molecule has 1 aliphatic carbocycles. The summed E-state index contributed by atoms with van der Waals surface area (Å²) in [4.78, 5) is 17.2. The highest BCUT2D eigenvalue weighted by molar-refractivity contribution is 7.15. The van der Waals surface area contributed by atoms with Crippen molar-refractivity contribution in [3.8, 4) is 5.00 Å². The van der Waals surface area contributed by atoms with Crippen LogP contribution in [0.1, 0.15) is 65.1 Å². The summed E-state index contributed by atoms with van der Waals surface area (Å²) in [7, 11) is 0. The van der Waals surface area contributed by atoms with E-state index in [9.17, 15) is 4.79 Å². The SMILES string of the molecule is CCC1c2cccn2-c2sc3c(c2CN1C(=O)Nc1cc(C)ccc1C)CCCC3. The van der Waals surface area contributed by atoms with Crippen LogP contribution in [0.15, 0.2) is 36.5 Å². The Morgan fingerprint density at radius 1 is 1.17 bits per heavy atom. The summed E-state index contributed by atoms with van der Waals surface area (Å²) in [6, 6.07) is 10.6. The van der Waals surface area contributed by atoms with E-state index in [0.717, 1.165) is 29.7 Å². The molecule has 3 aromatic rings. The lowest BCUT2D eigenvalue weighted by molar-refractivity contribution is 0.181. The second-order valence-corrected chi connectivity index (χ2v) is 9.68. The number of benzene rings is 1. The number of aryl methyl sites for hydroxylation is 3. The third kappa shape index (κ3) is 3.16. The van der Waals surface area contributed by atoms with E-state index < -0.39 is 0 Å². The molecule has 0 spiro atoms. The van der Waals surface area contributed by atoms with E-state index in [0.29, 0.717) is 6.54 Å². The first-order valence-electron chi connectivity index (χ1n) is 11.0. The predicted molar refractivity (Wildman–Crippen MR) is 124 cm³/mol. The lowest BCUT2D eigenvalue weighted by atomic mass is 9.95. The molecule has 156 valence electrons. The zero-order valence-electron chi connectivity index (χ0n) is 18.0. The van der Waals surface area contributed by atoms with Crippen LogP contribution in [-0.2, 0) is 19.4 Å². The number of aromatic nitrogens is 1. The number of amides is 2. The molecule has 0 fully saturated rings. The number of nitrogens with zero attached hydrogens (tertiary/aromatic N) is 2. The molecule has 2 amide bonds. The molecule has 30 heavy (non-hydrogen) atoms. The van der Waals surface area contributed by atoms with Crippen LogP contribution >= 0.6 is 11.3 Å². The normalized spacial score (nSPS) is 17.7. The molecule has 0 saturated carbocycles. The Labute approximate surface area is 182 Å². The number of nitrogens with one attached hydrogen (secondary N) is 1. The third-order valence-corrected chi connectivity index (χ3v) is 7.92. The molecule has 1 unspecified atom stereocenters. The molecule has 0 radical (unpaired) electrons. The molecule has 1 aromatic carbocycles. The van der Waals surface area contributed by atoms with Crippen molar-refractivity contribution < 1.29 is 4.79 Å². The molecule has 4 nitrogen and oxygen atoms in total. The monoisotopic (exact) mass is 419 g/mol. The summed E-state index contributed by atoms with van der Waals surface area (Å²) in [5.74, 6) is 0. The minimum absolute atomic E-state index is 0.00749. The van der Waals surface area contributed by atoms with Crippen LogP contribution in [-0.4, -0.2) is 15.5 Å². The van der Waals surface area contributed by atoms with Crippen LogP contribution in [0.5, 0.6) is 0 Å². The molecule has 1 aliphatic heterocycles. The minimum atomic E-state index is -0.00749. The first-order valence-corrected chi connectivity index (χ1v) is 11.8. The van der Waals surface area contributed by atoms with Gasteiger partial charge in [-0.2, -0.15) is 0 Å². The van der Waals surface area contributed by atoms with Crippen LogP contribution in [0.25, 0.3) is 5.00 Å². The van der Waals surface area contributed by atoms with Crippen LogP contribution in [0.2, 0.25) is 0 Å². The lowest BCUT2D eigenvalue weighted by Crippen LogP contribution is -2.37. The maximum absolute atomic E-state index is 13.6. The number of rotatable bonds is 2. The van der Waals surface area contributed by atoms with E-state index in [1.54, 1.807) is 0 Å². The topological polar surface area (TPSA) is 37.3 Å². The standard InChI is InChI=1S/C25H29N3OS/c1-4-21-22-9-7-13-27(22)24-19(18-8-5-6-10-23(18)30-24)15-28(21)25(29)26-20-14-16(2)11-12-17(20)3/h7,9,11-14,21H,4-6,8,10,15H2,1-3H3,(H,26,29). The number of hydrogen-bond acceptors (Lipinski definition) is 2. The summed E-state index contributed by atoms with van der Waals surface area (Å²) < 4.78 is 2.34. The third-order valence-electron chi connectivity index (χ3n) is 6.59. The fraction of sp³-hybridized carbons (Fsp3) is 0.400. The van der Waals surface area contributed by atoms with Crippen molar-refractivity contribution in [3.05, 3.63) is 69.4 Å². The minimum Gasteiger partial charge on any atom is -0.312 e. The molecule has 0 bridgehead atoms. The van der Waals surface area contributed by atoms with Crippen molar-refractivity contribution in [1.29, 1.82) is 0 Å². The Bertz CT molecular complexity index is 1110. The smallest absolute Gasteiger partial charge is 0.312 e. The molecule has 1 atom stereocenters.